The second-order valence-corrected chi connectivity index (χ2v) is 6.58. The van der Waals surface area contributed by atoms with Crippen LogP contribution in [-0.2, 0) is 11.3 Å². The van der Waals surface area contributed by atoms with Gasteiger partial charge in [0.15, 0.2) is 4.34 Å². The van der Waals surface area contributed by atoms with Gasteiger partial charge in [0.2, 0.25) is 11.0 Å². The number of amides is 1. The molecule has 1 aromatic heterocycles. The lowest BCUT2D eigenvalue weighted by atomic mass is 10.2. The van der Waals surface area contributed by atoms with Gasteiger partial charge in [0.1, 0.15) is 5.82 Å². The molecular formula is C12H13FN4OS2. The summed E-state index contributed by atoms with van der Waals surface area (Å²) in [5.74, 6) is -0.644. The van der Waals surface area contributed by atoms with E-state index >= 15 is 0 Å². The second kappa shape index (κ2) is 6.67. The smallest absolute Gasteiger partial charge is 0.230 e. The Morgan fingerprint density at radius 1 is 1.45 bits per heavy atom. The van der Waals surface area contributed by atoms with Crippen LogP contribution in [0, 0.1) is 5.82 Å². The Morgan fingerprint density at radius 2 is 2.15 bits per heavy atom. The zero-order valence-corrected chi connectivity index (χ0v) is 12.3. The first kappa shape index (κ1) is 14.7. The predicted octanol–water partition coefficient (Wildman–Crippen LogP) is 2.26. The number of rotatable bonds is 6. The number of carbonyl (C=O) groups excluding carboxylic acids is 1. The molecule has 0 bridgehead atoms. The molecule has 0 saturated carbocycles. The summed E-state index contributed by atoms with van der Waals surface area (Å²) in [6.45, 7) is 2.25. The fraction of sp³-hybridized carbons (Fsp3) is 0.250. The lowest BCUT2D eigenvalue weighted by Gasteiger charge is -2.02. The van der Waals surface area contributed by atoms with E-state index in [-0.39, 0.29) is 17.0 Å². The summed E-state index contributed by atoms with van der Waals surface area (Å²) in [6, 6.07) is 6.22. The van der Waals surface area contributed by atoms with Gasteiger partial charge in [-0.05, 0) is 24.6 Å². The molecule has 0 aliphatic rings. The molecule has 8 heteroatoms. The highest BCUT2D eigenvalue weighted by Crippen LogP contribution is 2.28. The van der Waals surface area contributed by atoms with Crippen LogP contribution in [0.4, 0.5) is 9.52 Å². The van der Waals surface area contributed by atoms with E-state index in [2.05, 4.69) is 15.5 Å². The quantitative estimate of drug-likeness (QED) is 0.800. The van der Waals surface area contributed by atoms with Crippen molar-refractivity contribution in [1.82, 2.24) is 10.2 Å². The zero-order valence-electron chi connectivity index (χ0n) is 10.7. The maximum absolute atomic E-state index is 12.8. The van der Waals surface area contributed by atoms with Crippen molar-refractivity contribution < 1.29 is 9.18 Å². The molecule has 1 atom stereocenters. The van der Waals surface area contributed by atoms with Gasteiger partial charge in [0, 0.05) is 6.54 Å². The molecule has 2 aromatic rings. The van der Waals surface area contributed by atoms with Crippen LogP contribution < -0.4 is 11.1 Å². The molecule has 0 unspecified atom stereocenters. The number of benzene rings is 1. The van der Waals surface area contributed by atoms with E-state index in [0.717, 1.165) is 5.56 Å². The van der Waals surface area contributed by atoms with Crippen molar-refractivity contribution >= 4 is 34.1 Å². The van der Waals surface area contributed by atoms with E-state index in [1.807, 2.05) is 0 Å². The van der Waals surface area contributed by atoms with Crippen LogP contribution in [0.5, 0.6) is 0 Å². The van der Waals surface area contributed by atoms with Crippen LogP contribution >= 0.6 is 23.1 Å². The van der Waals surface area contributed by atoms with E-state index in [1.54, 1.807) is 19.1 Å². The first-order valence-corrected chi connectivity index (χ1v) is 7.52. The van der Waals surface area contributed by atoms with Gasteiger partial charge in [-0.3, -0.25) is 4.79 Å². The molecule has 3 N–H and O–H groups in total. The van der Waals surface area contributed by atoms with Crippen LogP contribution in [-0.4, -0.2) is 21.4 Å². The second-order valence-electron chi connectivity index (χ2n) is 4.02. The summed E-state index contributed by atoms with van der Waals surface area (Å²) < 4.78 is 13.4. The SMILES string of the molecule is C[C@@H](Sc1nnc(NCc2ccc(F)cc2)s1)C(N)=O. The zero-order chi connectivity index (χ0) is 14.5. The third-order valence-corrected chi connectivity index (χ3v) is 4.53. The number of thioether (sulfide) groups is 1. The van der Waals surface area contributed by atoms with Crippen LogP contribution in [0.15, 0.2) is 28.6 Å². The number of anilines is 1. The number of aromatic nitrogens is 2. The van der Waals surface area contributed by atoms with E-state index in [9.17, 15) is 9.18 Å². The van der Waals surface area contributed by atoms with E-state index in [0.29, 0.717) is 16.0 Å². The number of hydrogen-bond donors (Lipinski definition) is 2. The molecule has 1 heterocycles. The topological polar surface area (TPSA) is 80.9 Å². The van der Waals surface area contributed by atoms with Gasteiger partial charge in [-0.2, -0.15) is 0 Å². The summed E-state index contributed by atoms with van der Waals surface area (Å²) in [5.41, 5.74) is 6.13. The van der Waals surface area contributed by atoms with E-state index in [4.69, 9.17) is 5.73 Å². The number of nitrogens with zero attached hydrogens (tertiary/aromatic N) is 2. The Morgan fingerprint density at radius 3 is 2.80 bits per heavy atom. The van der Waals surface area contributed by atoms with E-state index < -0.39 is 0 Å². The van der Waals surface area contributed by atoms with Crippen LogP contribution in [0.2, 0.25) is 0 Å². The monoisotopic (exact) mass is 312 g/mol. The van der Waals surface area contributed by atoms with Gasteiger partial charge in [-0.1, -0.05) is 35.2 Å². The highest BCUT2D eigenvalue weighted by molar-refractivity contribution is 8.02. The highest BCUT2D eigenvalue weighted by atomic mass is 32.2. The summed E-state index contributed by atoms with van der Waals surface area (Å²) in [7, 11) is 0. The van der Waals surface area contributed by atoms with Crippen LogP contribution in [0.1, 0.15) is 12.5 Å². The Kier molecular flexibility index (Phi) is 4.91. The Balaban J connectivity index is 1.89. The summed E-state index contributed by atoms with van der Waals surface area (Å²) in [4.78, 5) is 11.0. The van der Waals surface area contributed by atoms with Gasteiger partial charge in [-0.15, -0.1) is 10.2 Å². The molecular weight excluding hydrogens is 299 g/mol. The number of hydrogen-bond acceptors (Lipinski definition) is 6. The van der Waals surface area contributed by atoms with Gasteiger partial charge >= 0.3 is 0 Å². The molecule has 0 spiro atoms. The number of carbonyl (C=O) groups is 1. The summed E-state index contributed by atoms with van der Waals surface area (Å²) >= 11 is 2.63. The first-order valence-electron chi connectivity index (χ1n) is 5.82. The molecule has 1 amide bonds. The highest BCUT2D eigenvalue weighted by Gasteiger charge is 2.14. The minimum absolute atomic E-state index is 0.260. The maximum Gasteiger partial charge on any atom is 0.230 e. The van der Waals surface area contributed by atoms with Crippen molar-refractivity contribution in [2.75, 3.05) is 5.32 Å². The molecule has 20 heavy (non-hydrogen) atoms. The van der Waals surface area contributed by atoms with Gasteiger partial charge in [0.25, 0.3) is 0 Å². The first-order chi connectivity index (χ1) is 9.54. The Hall–Kier alpha value is -1.67. The number of halogens is 1. The fourth-order valence-electron chi connectivity index (χ4n) is 1.32. The minimum atomic E-state index is -0.383. The van der Waals surface area contributed by atoms with Crippen molar-refractivity contribution in [2.45, 2.75) is 23.1 Å². The van der Waals surface area contributed by atoms with Crippen LogP contribution in [0.3, 0.4) is 0 Å². The summed E-state index contributed by atoms with van der Waals surface area (Å²) in [6.07, 6.45) is 0. The lowest BCUT2D eigenvalue weighted by molar-refractivity contribution is -0.117. The fourth-order valence-corrected chi connectivity index (χ4v) is 3.16. The maximum atomic E-state index is 12.8. The van der Waals surface area contributed by atoms with Gasteiger partial charge in [-0.25, -0.2) is 4.39 Å². The molecule has 5 nitrogen and oxygen atoms in total. The molecule has 106 valence electrons. The standard InChI is InChI=1S/C12H13FN4OS2/c1-7(10(14)18)19-12-17-16-11(20-12)15-6-8-2-4-9(13)5-3-8/h2-5,7H,6H2,1H3,(H2,14,18)(H,15,16)/t7-/m1/s1. The number of primary amides is 1. The van der Waals surface area contributed by atoms with Crippen molar-refractivity contribution in [1.29, 1.82) is 0 Å². The minimum Gasteiger partial charge on any atom is -0.369 e. The van der Waals surface area contributed by atoms with Crippen molar-refractivity contribution in [3.05, 3.63) is 35.6 Å². The predicted molar refractivity (Wildman–Crippen MR) is 78.1 cm³/mol. The molecule has 0 aliphatic carbocycles. The third kappa shape index (κ3) is 4.17. The molecule has 0 fully saturated rings. The normalized spacial score (nSPS) is 12.1. The summed E-state index contributed by atoms with van der Waals surface area (Å²) in [5, 5.41) is 11.3. The third-order valence-electron chi connectivity index (χ3n) is 2.44. The number of nitrogens with one attached hydrogen (secondary N) is 1. The Bertz CT molecular complexity index is 587. The van der Waals surface area contributed by atoms with Crippen LogP contribution in [0.25, 0.3) is 0 Å². The van der Waals surface area contributed by atoms with Gasteiger partial charge in [0.05, 0.1) is 5.25 Å². The Labute approximate surface area is 123 Å². The van der Waals surface area contributed by atoms with Crippen molar-refractivity contribution in [3.8, 4) is 0 Å². The molecule has 0 aliphatic heterocycles. The van der Waals surface area contributed by atoms with E-state index in [1.165, 1.54) is 35.2 Å². The van der Waals surface area contributed by atoms with Crippen molar-refractivity contribution in [3.63, 3.8) is 0 Å². The largest absolute Gasteiger partial charge is 0.369 e. The number of nitrogens with two attached hydrogens (primary N) is 1. The molecule has 0 saturated heterocycles. The average Bonchev–Trinajstić information content (AvgIpc) is 2.85. The lowest BCUT2D eigenvalue weighted by Crippen LogP contribution is -2.22. The molecule has 0 radical (unpaired) electrons. The van der Waals surface area contributed by atoms with Crippen molar-refractivity contribution in [2.24, 2.45) is 5.73 Å². The molecule has 2 rings (SSSR count). The van der Waals surface area contributed by atoms with Gasteiger partial charge < -0.3 is 11.1 Å². The average molecular weight is 312 g/mol. The molecule has 1 aromatic carbocycles.